The number of aromatic nitrogens is 1. The number of nitrogens with zero attached hydrogens (tertiary/aromatic N) is 1. The van der Waals surface area contributed by atoms with E-state index in [9.17, 15) is 9.18 Å². The van der Waals surface area contributed by atoms with Gasteiger partial charge in [0, 0.05) is 28.2 Å². The molecule has 3 nitrogen and oxygen atoms in total. The topological polar surface area (TPSA) is 56.0 Å². The summed E-state index contributed by atoms with van der Waals surface area (Å²) in [6.07, 6.45) is 1.66. The molecule has 1 aromatic carbocycles. The summed E-state index contributed by atoms with van der Waals surface area (Å²) in [6, 6.07) is 7.53. The Balaban J connectivity index is 2.25. The molecule has 0 spiro atoms. The number of rotatable bonds is 3. The van der Waals surface area contributed by atoms with Crippen LogP contribution in [0.4, 0.5) is 10.2 Å². The monoisotopic (exact) mass is 308 g/mol. The van der Waals surface area contributed by atoms with E-state index in [-0.39, 0.29) is 12.2 Å². The average Bonchev–Trinajstić information content (AvgIpc) is 2.31. The zero-order valence-corrected chi connectivity index (χ0v) is 10.9. The lowest BCUT2D eigenvalue weighted by Gasteiger charge is -2.04. The SMILES string of the molecule is Nc1ncccc1CC(=O)c1cc(F)cc(Br)c1. The zero-order valence-electron chi connectivity index (χ0n) is 9.36. The van der Waals surface area contributed by atoms with Crippen molar-refractivity contribution < 1.29 is 9.18 Å². The molecule has 18 heavy (non-hydrogen) atoms. The van der Waals surface area contributed by atoms with Gasteiger partial charge in [-0.05, 0) is 24.3 Å². The standard InChI is InChI=1S/C13H10BrFN2O/c14-10-4-9(5-11(15)7-10)12(18)6-8-2-1-3-17-13(8)16/h1-5,7H,6H2,(H2,16,17). The van der Waals surface area contributed by atoms with Crippen LogP contribution in [-0.2, 0) is 6.42 Å². The quantitative estimate of drug-likeness (QED) is 0.887. The average molecular weight is 309 g/mol. The van der Waals surface area contributed by atoms with Crippen molar-refractivity contribution in [2.45, 2.75) is 6.42 Å². The number of nitrogen functional groups attached to an aromatic ring is 1. The van der Waals surface area contributed by atoms with Gasteiger partial charge < -0.3 is 5.73 Å². The van der Waals surface area contributed by atoms with Crippen LogP contribution in [0.15, 0.2) is 41.0 Å². The van der Waals surface area contributed by atoms with E-state index < -0.39 is 5.82 Å². The first-order valence-corrected chi connectivity index (χ1v) is 6.04. The van der Waals surface area contributed by atoms with Crippen molar-refractivity contribution in [2.24, 2.45) is 0 Å². The third-order valence-electron chi connectivity index (χ3n) is 2.46. The molecule has 92 valence electrons. The predicted molar refractivity (Wildman–Crippen MR) is 70.8 cm³/mol. The minimum absolute atomic E-state index is 0.107. The smallest absolute Gasteiger partial charge is 0.167 e. The first kappa shape index (κ1) is 12.7. The van der Waals surface area contributed by atoms with Crippen molar-refractivity contribution in [3.63, 3.8) is 0 Å². The lowest BCUT2D eigenvalue weighted by atomic mass is 10.0. The first-order chi connectivity index (χ1) is 8.56. The molecule has 0 fully saturated rings. The fraction of sp³-hybridized carbons (Fsp3) is 0.0769. The van der Waals surface area contributed by atoms with E-state index in [1.165, 1.54) is 12.1 Å². The second kappa shape index (κ2) is 5.27. The number of hydrogen-bond donors (Lipinski definition) is 1. The van der Waals surface area contributed by atoms with Gasteiger partial charge in [0.25, 0.3) is 0 Å². The normalized spacial score (nSPS) is 10.3. The Hall–Kier alpha value is -1.75. The Kier molecular flexibility index (Phi) is 3.72. The van der Waals surface area contributed by atoms with Gasteiger partial charge >= 0.3 is 0 Å². The van der Waals surface area contributed by atoms with Crippen molar-refractivity contribution in [1.82, 2.24) is 4.98 Å². The van der Waals surface area contributed by atoms with Crippen LogP contribution in [0.25, 0.3) is 0 Å². The highest BCUT2D eigenvalue weighted by Gasteiger charge is 2.11. The van der Waals surface area contributed by atoms with Crippen LogP contribution in [-0.4, -0.2) is 10.8 Å². The molecule has 5 heteroatoms. The van der Waals surface area contributed by atoms with Crippen molar-refractivity contribution in [3.8, 4) is 0 Å². The van der Waals surface area contributed by atoms with Crippen molar-refractivity contribution >= 4 is 27.5 Å². The molecule has 0 saturated heterocycles. The summed E-state index contributed by atoms with van der Waals surface area (Å²) >= 11 is 3.15. The fourth-order valence-corrected chi connectivity index (χ4v) is 2.06. The predicted octanol–water partition coefficient (Wildman–Crippen LogP) is 2.99. The molecule has 2 aromatic rings. The van der Waals surface area contributed by atoms with E-state index in [1.807, 2.05) is 0 Å². The van der Waals surface area contributed by atoms with Crippen LogP contribution in [0.1, 0.15) is 15.9 Å². The number of carbonyl (C=O) groups excluding carboxylic acids is 1. The summed E-state index contributed by atoms with van der Waals surface area (Å²) in [5.41, 5.74) is 6.61. The number of nitrogens with two attached hydrogens (primary N) is 1. The minimum Gasteiger partial charge on any atom is -0.383 e. The van der Waals surface area contributed by atoms with Crippen molar-refractivity contribution in [1.29, 1.82) is 0 Å². The third-order valence-corrected chi connectivity index (χ3v) is 2.92. The molecule has 1 heterocycles. The fourth-order valence-electron chi connectivity index (χ4n) is 1.59. The molecule has 0 aliphatic carbocycles. The molecule has 2 N–H and O–H groups in total. The summed E-state index contributed by atoms with van der Waals surface area (Å²) in [5, 5.41) is 0. The number of halogens is 2. The van der Waals surface area contributed by atoms with Crippen LogP contribution in [0.5, 0.6) is 0 Å². The maximum atomic E-state index is 13.2. The van der Waals surface area contributed by atoms with Gasteiger partial charge in [0.05, 0.1) is 0 Å². The van der Waals surface area contributed by atoms with E-state index in [4.69, 9.17) is 5.73 Å². The highest BCUT2D eigenvalue weighted by Crippen LogP contribution is 2.17. The van der Waals surface area contributed by atoms with Gasteiger partial charge in [-0.2, -0.15) is 0 Å². The largest absolute Gasteiger partial charge is 0.383 e. The number of pyridine rings is 1. The van der Waals surface area contributed by atoms with Gasteiger partial charge in [-0.25, -0.2) is 9.37 Å². The Morgan fingerprint density at radius 2 is 2.17 bits per heavy atom. The van der Waals surface area contributed by atoms with E-state index in [0.29, 0.717) is 21.4 Å². The molecular weight excluding hydrogens is 299 g/mol. The first-order valence-electron chi connectivity index (χ1n) is 5.25. The number of benzene rings is 1. The van der Waals surface area contributed by atoms with Gasteiger partial charge in [0.1, 0.15) is 11.6 Å². The van der Waals surface area contributed by atoms with E-state index in [0.717, 1.165) is 0 Å². The van der Waals surface area contributed by atoms with Gasteiger partial charge in [0.2, 0.25) is 0 Å². The second-order valence-electron chi connectivity index (χ2n) is 3.81. The van der Waals surface area contributed by atoms with Crippen LogP contribution < -0.4 is 5.73 Å². The molecule has 0 bridgehead atoms. The summed E-state index contributed by atoms with van der Waals surface area (Å²) in [4.78, 5) is 15.9. The lowest BCUT2D eigenvalue weighted by Crippen LogP contribution is -2.07. The maximum Gasteiger partial charge on any atom is 0.167 e. The molecular formula is C13H10BrFN2O. The highest BCUT2D eigenvalue weighted by atomic mass is 79.9. The zero-order chi connectivity index (χ0) is 13.1. The Labute approximate surface area is 112 Å². The Morgan fingerprint density at radius 1 is 1.39 bits per heavy atom. The van der Waals surface area contributed by atoms with E-state index in [2.05, 4.69) is 20.9 Å². The van der Waals surface area contributed by atoms with Gasteiger partial charge in [-0.15, -0.1) is 0 Å². The number of hydrogen-bond acceptors (Lipinski definition) is 3. The number of anilines is 1. The summed E-state index contributed by atoms with van der Waals surface area (Å²) in [5.74, 6) is -0.330. The van der Waals surface area contributed by atoms with Gasteiger partial charge in [-0.1, -0.05) is 22.0 Å². The van der Waals surface area contributed by atoms with E-state index >= 15 is 0 Å². The Bertz CT molecular complexity index is 581. The summed E-state index contributed by atoms with van der Waals surface area (Å²) < 4.78 is 13.7. The van der Waals surface area contributed by atoms with Crippen LogP contribution >= 0.6 is 15.9 Å². The molecule has 0 radical (unpaired) electrons. The summed E-state index contributed by atoms with van der Waals surface area (Å²) in [7, 11) is 0. The van der Waals surface area contributed by atoms with Gasteiger partial charge in [0.15, 0.2) is 5.78 Å². The maximum absolute atomic E-state index is 13.2. The molecule has 0 unspecified atom stereocenters. The minimum atomic E-state index is -0.452. The molecule has 0 amide bonds. The van der Waals surface area contributed by atoms with E-state index in [1.54, 1.807) is 24.4 Å². The van der Waals surface area contributed by atoms with Crippen LogP contribution in [0, 0.1) is 5.82 Å². The van der Waals surface area contributed by atoms with Crippen molar-refractivity contribution in [3.05, 3.63) is 57.9 Å². The summed E-state index contributed by atoms with van der Waals surface area (Å²) in [6.45, 7) is 0. The van der Waals surface area contributed by atoms with Gasteiger partial charge in [-0.3, -0.25) is 4.79 Å². The molecule has 0 saturated carbocycles. The van der Waals surface area contributed by atoms with Crippen LogP contribution in [0.2, 0.25) is 0 Å². The molecule has 1 aromatic heterocycles. The van der Waals surface area contributed by atoms with Crippen LogP contribution in [0.3, 0.4) is 0 Å². The molecule has 0 aliphatic rings. The number of carbonyl (C=O) groups is 1. The molecule has 0 atom stereocenters. The number of ketones is 1. The second-order valence-corrected chi connectivity index (χ2v) is 4.72. The molecule has 2 rings (SSSR count). The Morgan fingerprint density at radius 3 is 2.83 bits per heavy atom. The number of Topliss-reactive ketones (excluding diaryl/α,β-unsaturated/α-hetero) is 1. The third kappa shape index (κ3) is 2.92. The lowest BCUT2D eigenvalue weighted by molar-refractivity contribution is 0.0992. The molecule has 0 aliphatic heterocycles. The highest BCUT2D eigenvalue weighted by molar-refractivity contribution is 9.10. The van der Waals surface area contributed by atoms with Crippen molar-refractivity contribution in [2.75, 3.05) is 5.73 Å².